The van der Waals surface area contributed by atoms with Crippen LogP contribution in [0, 0.1) is 0 Å². The molecule has 1 atom stereocenters. The van der Waals surface area contributed by atoms with Crippen molar-refractivity contribution in [2.45, 2.75) is 33.7 Å². The number of esters is 1. The van der Waals surface area contributed by atoms with Crippen LogP contribution in [0.5, 0.6) is 11.5 Å². The average molecular weight is 614 g/mol. The highest BCUT2D eigenvalue weighted by Crippen LogP contribution is 2.40. The second-order valence-electron chi connectivity index (χ2n) is 10.1. The molecule has 44 heavy (non-hydrogen) atoms. The van der Waals surface area contributed by atoms with Gasteiger partial charge in [0.15, 0.2) is 11.4 Å². The van der Waals surface area contributed by atoms with Crippen LogP contribution in [0.3, 0.4) is 0 Å². The Balaban J connectivity index is 1.66. The fraction of sp³-hybridized carbons (Fsp3) is 0.294. The summed E-state index contributed by atoms with van der Waals surface area (Å²) >= 11 is 1.27. The van der Waals surface area contributed by atoms with E-state index < -0.39 is 12.0 Å². The fourth-order valence-corrected chi connectivity index (χ4v) is 6.49. The monoisotopic (exact) mass is 613 g/mol. The number of carbonyl (C=O) groups is 2. The van der Waals surface area contributed by atoms with Crippen molar-refractivity contribution in [3.8, 4) is 11.5 Å². The molecule has 2 heterocycles. The van der Waals surface area contributed by atoms with Crippen LogP contribution in [0.4, 0.5) is 0 Å². The van der Waals surface area contributed by atoms with E-state index in [1.54, 1.807) is 41.7 Å². The molecule has 9 nitrogen and oxygen atoms in total. The third-order valence-corrected chi connectivity index (χ3v) is 8.55. The molecule has 228 valence electrons. The van der Waals surface area contributed by atoms with Crippen LogP contribution in [0.25, 0.3) is 16.8 Å². The van der Waals surface area contributed by atoms with Crippen molar-refractivity contribution in [3.05, 3.63) is 103 Å². The van der Waals surface area contributed by atoms with Gasteiger partial charge < -0.3 is 19.1 Å². The quantitative estimate of drug-likeness (QED) is 0.249. The molecule has 0 spiro atoms. The predicted molar refractivity (Wildman–Crippen MR) is 171 cm³/mol. The lowest BCUT2D eigenvalue weighted by molar-refractivity contribution is -0.145. The summed E-state index contributed by atoms with van der Waals surface area (Å²) in [6, 6.07) is 18.1. The summed E-state index contributed by atoms with van der Waals surface area (Å²) in [5.41, 5.74) is 2.27. The molecule has 0 unspecified atom stereocenters. The lowest BCUT2D eigenvalue weighted by Gasteiger charge is -2.30. The highest BCUT2D eigenvalue weighted by atomic mass is 32.1. The first-order valence-corrected chi connectivity index (χ1v) is 15.4. The van der Waals surface area contributed by atoms with Crippen LogP contribution in [0.2, 0.25) is 0 Å². The lowest BCUT2D eigenvalue weighted by Crippen LogP contribution is -2.43. The van der Waals surface area contributed by atoms with Crippen LogP contribution < -0.4 is 24.4 Å². The molecule has 4 aromatic rings. The summed E-state index contributed by atoms with van der Waals surface area (Å²) < 4.78 is 18.4. The number of methoxy groups -OCH3 is 1. The Bertz CT molecular complexity index is 1920. The van der Waals surface area contributed by atoms with Crippen molar-refractivity contribution in [2.75, 3.05) is 33.4 Å². The number of carbonyl (C=O) groups excluding carboxylic acids is 2. The Morgan fingerprint density at radius 2 is 1.75 bits per heavy atom. The molecule has 0 fully saturated rings. The summed E-state index contributed by atoms with van der Waals surface area (Å²) in [6.07, 6.45) is 1.79. The van der Waals surface area contributed by atoms with E-state index >= 15 is 0 Å². The molecule has 1 aliphatic rings. The van der Waals surface area contributed by atoms with Gasteiger partial charge in [0.2, 0.25) is 0 Å². The predicted octanol–water partition coefficient (Wildman–Crippen LogP) is 4.21. The van der Waals surface area contributed by atoms with Crippen LogP contribution in [-0.2, 0) is 14.3 Å². The minimum atomic E-state index is -0.749. The molecule has 10 heteroatoms. The van der Waals surface area contributed by atoms with Gasteiger partial charge in [0, 0.05) is 18.7 Å². The Labute approximate surface area is 259 Å². The number of rotatable bonds is 10. The molecule has 0 saturated heterocycles. The maximum Gasteiger partial charge on any atom is 0.344 e. The van der Waals surface area contributed by atoms with Crippen molar-refractivity contribution < 1.29 is 23.8 Å². The second-order valence-corrected chi connectivity index (χ2v) is 11.1. The maximum atomic E-state index is 14.2. The summed E-state index contributed by atoms with van der Waals surface area (Å²) in [4.78, 5) is 47.0. The van der Waals surface area contributed by atoms with Crippen molar-refractivity contribution in [1.82, 2.24) is 9.47 Å². The Morgan fingerprint density at radius 3 is 2.43 bits per heavy atom. The normalized spacial score (nSPS) is 14.7. The number of thiazole rings is 1. The summed E-state index contributed by atoms with van der Waals surface area (Å²) in [6.45, 7) is 8.59. The smallest absolute Gasteiger partial charge is 0.344 e. The molecule has 1 aliphatic heterocycles. The number of amides is 1. The van der Waals surface area contributed by atoms with E-state index in [0.29, 0.717) is 45.2 Å². The Morgan fingerprint density at radius 1 is 1.02 bits per heavy atom. The molecule has 0 saturated carbocycles. The number of nitrogens with zero attached hydrogens (tertiary/aromatic N) is 3. The summed E-state index contributed by atoms with van der Waals surface area (Å²) in [7, 11) is 1.60. The molecule has 0 radical (unpaired) electrons. The van der Waals surface area contributed by atoms with E-state index in [9.17, 15) is 14.4 Å². The van der Waals surface area contributed by atoms with Gasteiger partial charge in [-0.1, -0.05) is 53.8 Å². The molecule has 5 rings (SSSR count). The molecule has 0 aliphatic carbocycles. The number of hydrogen-bond donors (Lipinski definition) is 0. The zero-order chi connectivity index (χ0) is 31.4. The number of aromatic nitrogens is 1. The minimum absolute atomic E-state index is 0.163. The maximum absolute atomic E-state index is 14.2. The molecule has 1 amide bonds. The Hall–Kier alpha value is -4.70. The number of fused-ring (bicyclic) bond motifs is 2. The first kappa shape index (κ1) is 30.7. The van der Waals surface area contributed by atoms with Gasteiger partial charge in [0.25, 0.3) is 11.5 Å². The SMILES string of the molecule is CCOC(=O)COc1ccc(/C=c2/sc3n(c2=O)[C@@H](c2c(OC)ccc4ccccc24)C(C(=O)N(CC)CC)=C(C)N=3)cc1. The van der Waals surface area contributed by atoms with Crippen LogP contribution >= 0.6 is 11.3 Å². The van der Waals surface area contributed by atoms with Crippen molar-refractivity contribution in [2.24, 2.45) is 4.99 Å². The van der Waals surface area contributed by atoms with Gasteiger partial charge in [-0.2, -0.15) is 0 Å². The van der Waals surface area contributed by atoms with E-state index in [-0.39, 0.29) is 24.7 Å². The standard InChI is InChI=1S/C34H35N3O6S/c1-6-36(7-2)33(40)29-21(4)35-34-37(31(29)30-25-12-10-9-11-23(25)15-18-26(30)41-5)32(39)27(44-34)19-22-13-16-24(17-14-22)43-20-28(38)42-8-3/h9-19,31H,6-8,20H2,1-5H3/b27-19+/t31-/m1/s1. The third-order valence-electron chi connectivity index (χ3n) is 7.57. The second kappa shape index (κ2) is 13.3. The zero-order valence-electron chi connectivity index (χ0n) is 25.5. The third kappa shape index (κ3) is 5.90. The van der Waals surface area contributed by atoms with E-state index in [1.807, 2.05) is 69.3 Å². The van der Waals surface area contributed by atoms with E-state index in [0.717, 1.165) is 21.9 Å². The number of hydrogen-bond acceptors (Lipinski definition) is 8. The Kier molecular flexibility index (Phi) is 9.29. The average Bonchev–Trinajstić information content (AvgIpc) is 3.33. The molecular weight excluding hydrogens is 578 g/mol. The van der Waals surface area contributed by atoms with E-state index in [1.165, 1.54) is 11.3 Å². The van der Waals surface area contributed by atoms with Crippen molar-refractivity contribution in [1.29, 1.82) is 0 Å². The largest absolute Gasteiger partial charge is 0.496 e. The minimum Gasteiger partial charge on any atom is -0.496 e. The van der Waals surface area contributed by atoms with Crippen LogP contribution in [0.1, 0.15) is 44.9 Å². The topological polar surface area (TPSA) is 99.4 Å². The van der Waals surface area contributed by atoms with Gasteiger partial charge >= 0.3 is 5.97 Å². The number of likely N-dealkylation sites (N-methyl/N-ethyl adjacent to an activating group) is 1. The number of benzene rings is 3. The first-order chi connectivity index (χ1) is 21.3. The van der Waals surface area contributed by atoms with Gasteiger partial charge in [-0.25, -0.2) is 9.79 Å². The van der Waals surface area contributed by atoms with Crippen molar-refractivity contribution >= 4 is 40.1 Å². The van der Waals surface area contributed by atoms with Gasteiger partial charge in [-0.3, -0.25) is 14.2 Å². The van der Waals surface area contributed by atoms with Crippen LogP contribution in [0.15, 0.2) is 81.7 Å². The molecular formula is C34H35N3O6S. The van der Waals surface area contributed by atoms with Gasteiger partial charge in [0.05, 0.1) is 29.5 Å². The van der Waals surface area contributed by atoms with E-state index in [2.05, 4.69) is 0 Å². The number of ether oxygens (including phenoxy) is 3. The molecule has 0 bridgehead atoms. The summed E-state index contributed by atoms with van der Waals surface area (Å²) in [5, 5.41) is 1.87. The zero-order valence-corrected chi connectivity index (χ0v) is 26.3. The van der Waals surface area contributed by atoms with Crippen molar-refractivity contribution in [3.63, 3.8) is 0 Å². The number of allylic oxidation sites excluding steroid dienone is 1. The fourth-order valence-electron chi connectivity index (χ4n) is 5.44. The summed E-state index contributed by atoms with van der Waals surface area (Å²) in [5.74, 6) is 0.490. The molecule has 0 N–H and O–H groups in total. The van der Waals surface area contributed by atoms with Crippen LogP contribution in [-0.4, -0.2) is 54.8 Å². The first-order valence-electron chi connectivity index (χ1n) is 14.6. The van der Waals surface area contributed by atoms with Gasteiger partial charge in [0.1, 0.15) is 17.5 Å². The highest BCUT2D eigenvalue weighted by molar-refractivity contribution is 7.07. The highest BCUT2D eigenvalue weighted by Gasteiger charge is 2.36. The molecule has 1 aromatic heterocycles. The van der Waals surface area contributed by atoms with Gasteiger partial charge in [-0.05, 0) is 68.3 Å². The van der Waals surface area contributed by atoms with Gasteiger partial charge in [-0.15, -0.1) is 0 Å². The van der Waals surface area contributed by atoms with E-state index in [4.69, 9.17) is 19.2 Å². The molecule has 3 aromatic carbocycles. The lowest BCUT2D eigenvalue weighted by atomic mass is 9.90.